The second kappa shape index (κ2) is 6.56. The first-order valence-electron chi connectivity index (χ1n) is 4.22. The summed E-state index contributed by atoms with van der Waals surface area (Å²) in [7, 11) is 0. The largest absolute Gasteiger partial charge is 0.473 e. The molecule has 0 bridgehead atoms. The number of carbonyl (C=O) groups is 2. The SMILES string of the molecule is CC(N)c1ccccc1.O=C(O)C(=O)O. The number of nitrogens with two attached hydrogens (primary N) is 1. The van der Waals surface area contributed by atoms with Crippen molar-refractivity contribution in [3.63, 3.8) is 0 Å². The summed E-state index contributed by atoms with van der Waals surface area (Å²) in [6.07, 6.45) is 0. The van der Waals surface area contributed by atoms with Crippen molar-refractivity contribution in [1.82, 2.24) is 0 Å². The summed E-state index contributed by atoms with van der Waals surface area (Å²) in [5.74, 6) is -3.65. The Bertz CT molecular complexity index is 309. The van der Waals surface area contributed by atoms with Crippen LogP contribution >= 0.6 is 0 Å². The lowest BCUT2D eigenvalue weighted by molar-refractivity contribution is -0.159. The third kappa shape index (κ3) is 6.23. The quantitative estimate of drug-likeness (QED) is 0.598. The van der Waals surface area contributed by atoms with Gasteiger partial charge in [0.25, 0.3) is 0 Å². The summed E-state index contributed by atoms with van der Waals surface area (Å²) in [6, 6.07) is 10.2. The van der Waals surface area contributed by atoms with Crippen LogP contribution in [0.2, 0.25) is 0 Å². The molecule has 1 rings (SSSR count). The van der Waals surface area contributed by atoms with Crippen molar-refractivity contribution in [1.29, 1.82) is 0 Å². The van der Waals surface area contributed by atoms with Crippen molar-refractivity contribution in [3.05, 3.63) is 35.9 Å². The number of hydrogen-bond acceptors (Lipinski definition) is 3. The molecule has 0 radical (unpaired) electrons. The fourth-order valence-corrected chi connectivity index (χ4v) is 0.757. The van der Waals surface area contributed by atoms with Crippen LogP contribution in [-0.2, 0) is 9.59 Å². The van der Waals surface area contributed by atoms with Gasteiger partial charge in [-0.3, -0.25) is 0 Å². The van der Waals surface area contributed by atoms with E-state index < -0.39 is 11.9 Å². The minimum atomic E-state index is -1.82. The van der Waals surface area contributed by atoms with Crippen LogP contribution in [0.15, 0.2) is 30.3 Å². The first-order chi connectivity index (χ1) is 6.95. The highest BCUT2D eigenvalue weighted by atomic mass is 16.4. The van der Waals surface area contributed by atoms with Gasteiger partial charge in [0.2, 0.25) is 0 Å². The Morgan fingerprint density at radius 2 is 1.53 bits per heavy atom. The van der Waals surface area contributed by atoms with Gasteiger partial charge in [0.1, 0.15) is 0 Å². The van der Waals surface area contributed by atoms with Crippen LogP contribution in [0.5, 0.6) is 0 Å². The Hall–Kier alpha value is -1.88. The molecule has 15 heavy (non-hydrogen) atoms. The Morgan fingerprint density at radius 3 is 1.73 bits per heavy atom. The van der Waals surface area contributed by atoms with E-state index >= 15 is 0 Å². The molecule has 1 atom stereocenters. The third-order valence-corrected chi connectivity index (χ3v) is 1.51. The van der Waals surface area contributed by atoms with Crippen molar-refractivity contribution in [2.45, 2.75) is 13.0 Å². The van der Waals surface area contributed by atoms with Crippen LogP contribution in [0, 0.1) is 0 Å². The molecular formula is C10H13NO4. The molecule has 0 amide bonds. The van der Waals surface area contributed by atoms with E-state index in [4.69, 9.17) is 25.5 Å². The Morgan fingerprint density at radius 1 is 1.13 bits per heavy atom. The van der Waals surface area contributed by atoms with Gasteiger partial charge in [0.05, 0.1) is 0 Å². The first-order valence-corrected chi connectivity index (χ1v) is 4.22. The van der Waals surface area contributed by atoms with Gasteiger partial charge in [-0.25, -0.2) is 9.59 Å². The number of carboxylic acids is 2. The standard InChI is InChI=1S/C8H11N.C2H2O4/c1-7(9)8-5-3-2-4-6-8;3-1(4)2(5)6/h2-7H,9H2,1H3;(H,3,4)(H,5,6). The number of carboxylic acid groups (broad SMARTS) is 2. The van der Waals surface area contributed by atoms with Crippen molar-refractivity contribution in [2.75, 3.05) is 0 Å². The molecule has 1 aromatic rings. The lowest BCUT2D eigenvalue weighted by Gasteiger charge is -2.02. The van der Waals surface area contributed by atoms with Gasteiger partial charge in [0, 0.05) is 6.04 Å². The maximum absolute atomic E-state index is 9.10. The van der Waals surface area contributed by atoms with Crippen LogP contribution in [-0.4, -0.2) is 22.2 Å². The average molecular weight is 211 g/mol. The molecule has 0 fully saturated rings. The third-order valence-electron chi connectivity index (χ3n) is 1.51. The second-order valence-electron chi connectivity index (χ2n) is 2.81. The van der Waals surface area contributed by atoms with E-state index in [-0.39, 0.29) is 6.04 Å². The Labute approximate surface area is 87.1 Å². The lowest BCUT2D eigenvalue weighted by Crippen LogP contribution is -2.09. The number of benzene rings is 1. The van der Waals surface area contributed by atoms with Crippen LogP contribution in [0.25, 0.3) is 0 Å². The molecule has 0 aliphatic rings. The van der Waals surface area contributed by atoms with Crippen LogP contribution in [0.4, 0.5) is 0 Å². The van der Waals surface area contributed by atoms with E-state index in [2.05, 4.69) is 0 Å². The van der Waals surface area contributed by atoms with Crippen molar-refractivity contribution < 1.29 is 19.8 Å². The molecule has 0 saturated heterocycles. The highest BCUT2D eigenvalue weighted by Gasteiger charge is 2.04. The van der Waals surface area contributed by atoms with Crippen molar-refractivity contribution in [3.8, 4) is 0 Å². The zero-order valence-corrected chi connectivity index (χ0v) is 8.25. The molecule has 5 heteroatoms. The van der Waals surface area contributed by atoms with Gasteiger partial charge >= 0.3 is 11.9 Å². The number of aliphatic carboxylic acids is 2. The second-order valence-corrected chi connectivity index (χ2v) is 2.81. The maximum Gasteiger partial charge on any atom is 0.414 e. The van der Waals surface area contributed by atoms with E-state index in [1.54, 1.807) is 0 Å². The molecule has 5 nitrogen and oxygen atoms in total. The normalized spacial score (nSPS) is 10.8. The molecule has 0 aromatic heterocycles. The zero-order chi connectivity index (χ0) is 11.8. The average Bonchev–Trinajstić information content (AvgIpc) is 2.20. The molecule has 4 N–H and O–H groups in total. The molecule has 0 aliphatic carbocycles. The zero-order valence-electron chi connectivity index (χ0n) is 8.25. The summed E-state index contributed by atoms with van der Waals surface area (Å²) in [6.45, 7) is 1.98. The summed E-state index contributed by atoms with van der Waals surface area (Å²) in [4.78, 5) is 18.2. The van der Waals surface area contributed by atoms with Gasteiger partial charge < -0.3 is 15.9 Å². The fourth-order valence-electron chi connectivity index (χ4n) is 0.757. The van der Waals surface area contributed by atoms with Crippen molar-refractivity contribution in [2.24, 2.45) is 5.73 Å². The minimum absolute atomic E-state index is 0.159. The summed E-state index contributed by atoms with van der Waals surface area (Å²) in [5.41, 5.74) is 6.81. The monoisotopic (exact) mass is 211 g/mol. The predicted octanol–water partition coefficient (Wildman–Crippen LogP) is 0.862. The molecular weight excluding hydrogens is 198 g/mol. The fraction of sp³-hybridized carbons (Fsp3) is 0.200. The predicted molar refractivity (Wildman–Crippen MR) is 54.3 cm³/mol. The lowest BCUT2D eigenvalue weighted by atomic mass is 10.1. The molecule has 1 aromatic carbocycles. The molecule has 82 valence electrons. The summed E-state index contributed by atoms with van der Waals surface area (Å²) < 4.78 is 0. The van der Waals surface area contributed by atoms with Crippen molar-refractivity contribution >= 4 is 11.9 Å². The molecule has 0 heterocycles. The number of rotatable bonds is 1. The highest BCUT2D eigenvalue weighted by Crippen LogP contribution is 2.06. The van der Waals surface area contributed by atoms with E-state index in [0.29, 0.717) is 0 Å². The Balaban J connectivity index is 0.000000288. The first kappa shape index (κ1) is 13.1. The van der Waals surface area contributed by atoms with Gasteiger partial charge in [-0.05, 0) is 12.5 Å². The maximum atomic E-state index is 9.10. The van der Waals surface area contributed by atoms with Gasteiger partial charge in [-0.2, -0.15) is 0 Å². The van der Waals surface area contributed by atoms with Gasteiger partial charge in [-0.15, -0.1) is 0 Å². The molecule has 0 spiro atoms. The topological polar surface area (TPSA) is 101 Å². The molecule has 1 unspecified atom stereocenters. The molecule has 0 saturated carbocycles. The summed E-state index contributed by atoms with van der Waals surface area (Å²) >= 11 is 0. The van der Waals surface area contributed by atoms with Crippen LogP contribution < -0.4 is 5.73 Å². The Kier molecular flexibility index (Phi) is 5.73. The van der Waals surface area contributed by atoms with E-state index in [9.17, 15) is 0 Å². The number of hydrogen-bond donors (Lipinski definition) is 3. The minimum Gasteiger partial charge on any atom is -0.473 e. The van der Waals surface area contributed by atoms with E-state index in [0.717, 1.165) is 0 Å². The highest BCUT2D eigenvalue weighted by molar-refractivity contribution is 6.27. The smallest absolute Gasteiger partial charge is 0.414 e. The summed E-state index contributed by atoms with van der Waals surface area (Å²) in [5, 5.41) is 14.8. The molecule has 0 aliphatic heterocycles. The van der Waals surface area contributed by atoms with Crippen LogP contribution in [0.3, 0.4) is 0 Å². The van der Waals surface area contributed by atoms with Gasteiger partial charge in [-0.1, -0.05) is 30.3 Å². The van der Waals surface area contributed by atoms with Gasteiger partial charge in [0.15, 0.2) is 0 Å². The van der Waals surface area contributed by atoms with Crippen LogP contribution in [0.1, 0.15) is 18.5 Å². The van der Waals surface area contributed by atoms with E-state index in [1.807, 2.05) is 37.3 Å². The van der Waals surface area contributed by atoms with E-state index in [1.165, 1.54) is 5.56 Å².